The van der Waals surface area contributed by atoms with Crippen LogP contribution in [0.3, 0.4) is 0 Å². The van der Waals surface area contributed by atoms with Gasteiger partial charge in [0.2, 0.25) is 0 Å². The Morgan fingerprint density at radius 3 is 0.866 bits per heavy atom. The van der Waals surface area contributed by atoms with Crippen molar-refractivity contribution >= 4 is 17.9 Å². The fourth-order valence-corrected chi connectivity index (χ4v) is 8.09. The van der Waals surface area contributed by atoms with E-state index in [4.69, 9.17) is 14.2 Å². The molecule has 0 bridgehead atoms. The predicted octanol–water partition coefficient (Wildman–Crippen LogP) is 19.2. The lowest BCUT2D eigenvalue weighted by Gasteiger charge is -2.18. The van der Waals surface area contributed by atoms with Crippen LogP contribution >= 0.6 is 0 Å². The highest BCUT2D eigenvalue weighted by Gasteiger charge is 2.19. The number of hydrogen-bond donors (Lipinski definition) is 0. The largest absolute Gasteiger partial charge is 0.462 e. The minimum absolute atomic E-state index is 0.0834. The van der Waals surface area contributed by atoms with Crippen molar-refractivity contribution in [3.63, 3.8) is 0 Å². The lowest BCUT2D eigenvalue weighted by molar-refractivity contribution is -0.167. The van der Waals surface area contributed by atoms with Gasteiger partial charge in [-0.25, -0.2) is 0 Å². The average Bonchev–Trinajstić information content (AvgIpc) is 3.33. The number of carbonyl (C=O) groups excluding carboxylic acids is 3. The minimum Gasteiger partial charge on any atom is -0.462 e. The van der Waals surface area contributed by atoms with E-state index in [0.29, 0.717) is 19.3 Å². The van der Waals surface area contributed by atoms with E-state index in [0.717, 1.165) is 89.9 Å². The molecule has 0 aliphatic heterocycles. The van der Waals surface area contributed by atoms with Gasteiger partial charge in [0.15, 0.2) is 6.10 Å². The predicted molar refractivity (Wildman–Crippen MR) is 288 cm³/mol. The van der Waals surface area contributed by atoms with Crippen LogP contribution in [0, 0.1) is 0 Å². The molecule has 0 saturated heterocycles. The first kappa shape index (κ1) is 64.1. The second-order valence-corrected chi connectivity index (χ2v) is 19.2. The lowest BCUT2D eigenvalue weighted by atomic mass is 10.1. The maximum absolute atomic E-state index is 12.9. The normalized spacial score (nSPS) is 12.5. The molecular weight excluding hydrogens is 829 g/mol. The first-order valence-electron chi connectivity index (χ1n) is 28.8. The molecule has 0 heterocycles. The number of hydrogen-bond acceptors (Lipinski definition) is 6. The lowest BCUT2D eigenvalue weighted by Crippen LogP contribution is -2.30. The Labute approximate surface area is 415 Å². The number of esters is 3. The highest BCUT2D eigenvalue weighted by atomic mass is 16.6. The molecule has 388 valence electrons. The number of carbonyl (C=O) groups is 3. The molecular formula is C61H108O6. The molecule has 0 unspecified atom stereocenters. The van der Waals surface area contributed by atoms with Gasteiger partial charge in [-0.05, 0) is 109 Å². The quantitative estimate of drug-likeness (QED) is 0.0262. The van der Waals surface area contributed by atoms with Crippen molar-refractivity contribution in [3.05, 3.63) is 60.8 Å². The minimum atomic E-state index is -0.786. The van der Waals surface area contributed by atoms with Gasteiger partial charge in [-0.15, -0.1) is 0 Å². The van der Waals surface area contributed by atoms with E-state index in [1.807, 2.05) is 0 Å². The van der Waals surface area contributed by atoms with Gasteiger partial charge in [-0.2, -0.15) is 0 Å². The molecule has 1 atom stereocenters. The van der Waals surface area contributed by atoms with Crippen molar-refractivity contribution in [1.82, 2.24) is 0 Å². The van der Waals surface area contributed by atoms with Crippen LogP contribution in [0.2, 0.25) is 0 Å². The molecule has 6 nitrogen and oxygen atoms in total. The Morgan fingerprint density at radius 2 is 0.537 bits per heavy atom. The fraction of sp³-hybridized carbons (Fsp3) is 0.787. The molecule has 0 amide bonds. The van der Waals surface area contributed by atoms with Crippen molar-refractivity contribution in [2.45, 2.75) is 297 Å². The van der Waals surface area contributed by atoms with Gasteiger partial charge in [0.25, 0.3) is 0 Å². The molecule has 0 aromatic carbocycles. The van der Waals surface area contributed by atoms with E-state index in [9.17, 15) is 14.4 Å². The summed E-state index contributed by atoms with van der Waals surface area (Å²) in [7, 11) is 0. The average molecular weight is 938 g/mol. The number of ether oxygens (including phenoxy) is 3. The zero-order valence-corrected chi connectivity index (χ0v) is 44.4. The van der Waals surface area contributed by atoms with Crippen molar-refractivity contribution in [2.75, 3.05) is 13.2 Å². The highest BCUT2D eigenvalue weighted by Crippen LogP contribution is 2.15. The van der Waals surface area contributed by atoms with Gasteiger partial charge >= 0.3 is 17.9 Å². The van der Waals surface area contributed by atoms with Crippen LogP contribution in [-0.2, 0) is 28.6 Å². The van der Waals surface area contributed by atoms with Crippen LogP contribution in [0.1, 0.15) is 290 Å². The van der Waals surface area contributed by atoms with Crippen LogP contribution < -0.4 is 0 Å². The molecule has 0 fully saturated rings. The summed E-state index contributed by atoms with van der Waals surface area (Å²) in [5.41, 5.74) is 0. The Bertz CT molecular complexity index is 1210. The second kappa shape index (κ2) is 55.7. The maximum Gasteiger partial charge on any atom is 0.306 e. The summed E-state index contributed by atoms with van der Waals surface area (Å²) in [6.07, 6.45) is 69.1. The van der Waals surface area contributed by atoms with Gasteiger partial charge in [0, 0.05) is 19.3 Å². The van der Waals surface area contributed by atoms with E-state index >= 15 is 0 Å². The summed E-state index contributed by atoms with van der Waals surface area (Å²) >= 11 is 0. The van der Waals surface area contributed by atoms with Crippen molar-refractivity contribution < 1.29 is 28.6 Å². The first-order chi connectivity index (χ1) is 33.0. The molecule has 0 aliphatic rings. The Balaban J connectivity index is 4.41. The van der Waals surface area contributed by atoms with Crippen LogP contribution in [0.25, 0.3) is 0 Å². The summed E-state index contributed by atoms with van der Waals surface area (Å²) in [4.78, 5) is 38.2. The van der Waals surface area contributed by atoms with E-state index in [-0.39, 0.29) is 31.1 Å². The van der Waals surface area contributed by atoms with Crippen molar-refractivity contribution in [2.24, 2.45) is 0 Å². The summed E-state index contributed by atoms with van der Waals surface area (Å²) in [6, 6.07) is 0. The fourth-order valence-electron chi connectivity index (χ4n) is 8.09. The molecule has 0 aromatic rings. The highest BCUT2D eigenvalue weighted by molar-refractivity contribution is 5.71. The third-order valence-electron chi connectivity index (χ3n) is 12.5. The van der Waals surface area contributed by atoms with Gasteiger partial charge in [0.05, 0.1) is 0 Å². The van der Waals surface area contributed by atoms with Gasteiger partial charge in [-0.3, -0.25) is 14.4 Å². The van der Waals surface area contributed by atoms with E-state index in [1.54, 1.807) is 0 Å². The third kappa shape index (κ3) is 53.9. The first-order valence-corrected chi connectivity index (χ1v) is 28.8. The summed E-state index contributed by atoms with van der Waals surface area (Å²) in [6.45, 7) is 6.58. The number of allylic oxidation sites excluding steroid dienone is 10. The molecule has 6 heteroatoms. The van der Waals surface area contributed by atoms with Crippen LogP contribution in [-0.4, -0.2) is 37.2 Å². The smallest absolute Gasteiger partial charge is 0.306 e. The van der Waals surface area contributed by atoms with E-state index in [1.165, 1.54) is 161 Å². The molecule has 0 spiro atoms. The third-order valence-corrected chi connectivity index (χ3v) is 12.5. The van der Waals surface area contributed by atoms with Crippen molar-refractivity contribution in [1.29, 1.82) is 0 Å². The Morgan fingerprint density at radius 1 is 0.299 bits per heavy atom. The van der Waals surface area contributed by atoms with Crippen molar-refractivity contribution in [3.8, 4) is 0 Å². The Kier molecular flexibility index (Phi) is 53.3. The maximum atomic E-state index is 12.9. The Hall–Kier alpha value is -2.89. The molecule has 0 radical (unpaired) electrons. The summed E-state index contributed by atoms with van der Waals surface area (Å²) in [5, 5.41) is 0. The van der Waals surface area contributed by atoms with Crippen LogP contribution in [0.4, 0.5) is 0 Å². The topological polar surface area (TPSA) is 78.9 Å². The summed E-state index contributed by atoms with van der Waals surface area (Å²) < 4.78 is 16.9. The molecule has 0 rings (SSSR count). The SMILES string of the molecule is CCCCC/C=C\C/C=C\CCCCCCCCCC(=O)O[C@H](COC(=O)CCCCCCC/C=C\C/C=C\CCCCC)COC(=O)CCCCCCCCC/C=C\CCCCCCCC. The number of unbranched alkanes of at least 4 members (excludes halogenated alkanes) is 31. The van der Waals surface area contributed by atoms with E-state index < -0.39 is 6.10 Å². The summed E-state index contributed by atoms with van der Waals surface area (Å²) in [5.74, 6) is -0.899. The van der Waals surface area contributed by atoms with Gasteiger partial charge in [0.1, 0.15) is 13.2 Å². The zero-order chi connectivity index (χ0) is 48.6. The van der Waals surface area contributed by atoms with Crippen LogP contribution in [0.5, 0.6) is 0 Å². The molecule has 67 heavy (non-hydrogen) atoms. The standard InChI is InChI=1S/C61H108O6/c1-4-7-10-13-16-19-22-25-28-30-33-36-39-42-45-48-51-54-60(63)66-57-58(56-65-59(62)53-50-47-44-41-38-35-32-27-24-21-18-15-12-9-6-3)67-61(64)55-52-49-46-43-40-37-34-31-29-26-23-20-17-14-11-8-5-2/h17-18,20-21,25-29,32,58H,4-16,19,22-24,30-31,33-57H2,1-3H3/b20-17-,21-18-,28-25-,29-26-,32-27-/t58-/m1/s1. The van der Waals surface area contributed by atoms with Gasteiger partial charge < -0.3 is 14.2 Å². The molecule has 0 aliphatic carbocycles. The monoisotopic (exact) mass is 937 g/mol. The molecule has 0 saturated carbocycles. The molecule has 0 N–H and O–H groups in total. The molecule has 0 aromatic heterocycles. The van der Waals surface area contributed by atoms with E-state index in [2.05, 4.69) is 81.5 Å². The van der Waals surface area contributed by atoms with Gasteiger partial charge in [-0.1, -0.05) is 223 Å². The second-order valence-electron chi connectivity index (χ2n) is 19.2. The zero-order valence-electron chi connectivity index (χ0n) is 44.4. The number of rotatable bonds is 52. The van der Waals surface area contributed by atoms with Crippen LogP contribution in [0.15, 0.2) is 60.8 Å².